The van der Waals surface area contributed by atoms with Gasteiger partial charge in [0.15, 0.2) is 0 Å². The molecule has 1 aliphatic carbocycles. The van der Waals surface area contributed by atoms with Gasteiger partial charge >= 0.3 is 5.97 Å². The zero-order valence-corrected chi connectivity index (χ0v) is 10.6. The summed E-state index contributed by atoms with van der Waals surface area (Å²) in [7, 11) is 0. The first-order valence-electron chi connectivity index (χ1n) is 6.27. The van der Waals surface area contributed by atoms with Crippen molar-refractivity contribution in [3.05, 3.63) is 23.9 Å². The number of carbonyl (C=O) groups is 2. The van der Waals surface area contributed by atoms with Crippen molar-refractivity contribution >= 4 is 17.7 Å². The maximum absolute atomic E-state index is 11.4. The summed E-state index contributed by atoms with van der Waals surface area (Å²) in [4.78, 5) is 26.7. The number of aliphatic carboxylic acids is 1. The standard InChI is InChI=1S/C13H17N3O3/c14-10(17)9-4-3-7-15-11(9)16-8-13(12(18)19)5-1-2-6-13/h3-4,7H,1-2,5-6,8H2,(H2,14,17)(H,15,16)(H,18,19). The molecule has 6 nitrogen and oxygen atoms in total. The van der Waals surface area contributed by atoms with Gasteiger partial charge in [0, 0.05) is 12.7 Å². The third kappa shape index (κ3) is 2.67. The highest BCUT2D eigenvalue weighted by atomic mass is 16.4. The van der Waals surface area contributed by atoms with Crippen LogP contribution in [0.15, 0.2) is 18.3 Å². The largest absolute Gasteiger partial charge is 0.481 e. The Bertz CT molecular complexity index is 496. The van der Waals surface area contributed by atoms with Crippen molar-refractivity contribution in [3.63, 3.8) is 0 Å². The van der Waals surface area contributed by atoms with Crippen molar-refractivity contribution < 1.29 is 14.7 Å². The second-order valence-corrected chi connectivity index (χ2v) is 4.91. The number of carboxylic acid groups (broad SMARTS) is 1. The number of amides is 1. The van der Waals surface area contributed by atoms with Gasteiger partial charge in [0.2, 0.25) is 0 Å². The van der Waals surface area contributed by atoms with Crippen molar-refractivity contribution in [3.8, 4) is 0 Å². The molecule has 1 heterocycles. The fraction of sp³-hybridized carbons (Fsp3) is 0.462. The Hall–Kier alpha value is -2.11. The first kappa shape index (κ1) is 13.3. The number of primary amides is 1. The Morgan fingerprint density at radius 1 is 1.42 bits per heavy atom. The number of aromatic nitrogens is 1. The summed E-state index contributed by atoms with van der Waals surface area (Å²) in [5, 5.41) is 12.3. The van der Waals surface area contributed by atoms with Crippen LogP contribution in [0.5, 0.6) is 0 Å². The molecule has 0 aliphatic heterocycles. The molecule has 1 aromatic heterocycles. The Balaban J connectivity index is 2.14. The van der Waals surface area contributed by atoms with Crippen molar-refractivity contribution in [2.75, 3.05) is 11.9 Å². The minimum Gasteiger partial charge on any atom is -0.481 e. The normalized spacial score (nSPS) is 17.1. The van der Waals surface area contributed by atoms with Crippen molar-refractivity contribution in [2.45, 2.75) is 25.7 Å². The highest BCUT2D eigenvalue weighted by molar-refractivity contribution is 5.97. The molecule has 1 amide bonds. The van der Waals surface area contributed by atoms with E-state index in [1.807, 2.05) is 0 Å². The average Bonchev–Trinajstić information content (AvgIpc) is 2.86. The van der Waals surface area contributed by atoms with Gasteiger partial charge < -0.3 is 16.2 Å². The van der Waals surface area contributed by atoms with Crippen LogP contribution in [0.1, 0.15) is 36.0 Å². The van der Waals surface area contributed by atoms with Gasteiger partial charge in [0.1, 0.15) is 5.82 Å². The minimum atomic E-state index is -0.797. The zero-order chi connectivity index (χ0) is 13.9. The summed E-state index contributed by atoms with van der Waals surface area (Å²) < 4.78 is 0. The van der Waals surface area contributed by atoms with Gasteiger partial charge in [-0.2, -0.15) is 0 Å². The number of hydrogen-bond donors (Lipinski definition) is 3. The third-order valence-electron chi connectivity index (χ3n) is 3.68. The second kappa shape index (κ2) is 5.26. The minimum absolute atomic E-state index is 0.264. The van der Waals surface area contributed by atoms with Crippen LogP contribution >= 0.6 is 0 Å². The van der Waals surface area contributed by atoms with Crippen molar-refractivity contribution in [1.29, 1.82) is 0 Å². The summed E-state index contributed by atoms with van der Waals surface area (Å²) in [5.74, 6) is -1.03. The van der Waals surface area contributed by atoms with E-state index >= 15 is 0 Å². The molecule has 0 unspecified atom stereocenters. The smallest absolute Gasteiger partial charge is 0.311 e. The molecule has 0 bridgehead atoms. The van der Waals surface area contributed by atoms with E-state index in [4.69, 9.17) is 5.73 Å². The van der Waals surface area contributed by atoms with Crippen LogP contribution in [-0.4, -0.2) is 28.5 Å². The number of nitrogens with one attached hydrogen (secondary N) is 1. The van der Waals surface area contributed by atoms with Gasteiger partial charge in [-0.3, -0.25) is 9.59 Å². The van der Waals surface area contributed by atoms with Gasteiger partial charge in [0.25, 0.3) is 5.91 Å². The summed E-state index contributed by atoms with van der Waals surface area (Å²) in [6, 6.07) is 3.19. The Kier molecular flexibility index (Phi) is 3.69. The summed E-state index contributed by atoms with van der Waals surface area (Å²) in [6.45, 7) is 0.264. The molecule has 1 aromatic rings. The molecule has 1 saturated carbocycles. The molecular formula is C13H17N3O3. The maximum Gasteiger partial charge on any atom is 0.311 e. The van der Waals surface area contributed by atoms with E-state index in [-0.39, 0.29) is 12.1 Å². The number of hydrogen-bond acceptors (Lipinski definition) is 4. The number of anilines is 1. The summed E-state index contributed by atoms with van der Waals surface area (Å²) >= 11 is 0. The van der Waals surface area contributed by atoms with Crippen molar-refractivity contribution in [1.82, 2.24) is 4.98 Å². The Morgan fingerprint density at radius 2 is 2.11 bits per heavy atom. The lowest BCUT2D eigenvalue weighted by Gasteiger charge is -2.24. The van der Waals surface area contributed by atoms with E-state index in [9.17, 15) is 14.7 Å². The van der Waals surface area contributed by atoms with E-state index in [0.29, 0.717) is 18.7 Å². The van der Waals surface area contributed by atoms with Crippen LogP contribution in [0, 0.1) is 5.41 Å². The number of nitrogens with zero attached hydrogens (tertiary/aromatic N) is 1. The lowest BCUT2D eigenvalue weighted by Crippen LogP contribution is -2.35. The molecule has 102 valence electrons. The molecule has 0 atom stereocenters. The molecule has 1 aliphatic rings. The second-order valence-electron chi connectivity index (χ2n) is 4.91. The van der Waals surface area contributed by atoms with Gasteiger partial charge in [-0.05, 0) is 25.0 Å². The van der Waals surface area contributed by atoms with Gasteiger partial charge in [0.05, 0.1) is 11.0 Å². The summed E-state index contributed by atoms with van der Waals surface area (Å²) in [5.41, 5.74) is 4.78. The fourth-order valence-electron chi connectivity index (χ4n) is 2.52. The Labute approximate surface area is 111 Å². The van der Waals surface area contributed by atoms with Crippen LogP contribution in [0.2, 0.25) is 0 Å². The van der Waals surface area contributed by atoms with Crippen LogP contribution < -0.4 is 11.1 Å². The maximum atomic E-state index is 11.4. The molecular weight excluding hydrogens is 246 g/mol. The van der Waals surface area contributed by atoms with Crippen LogP contribution in [0.3, 0.4) is 0 Å². The third-order valence-corrected chi connectivity index (χ3v) is 3.68. The molecule has 2 rings (SSSR count). The van der Waals surface area contributed by atoms with E-state index < -0.39 is 17.3 Å². The lowest BCUT2D eigenvalue weighted by atomic mass is 9.86. The highest BCUT2D eigenvalue weighted by Gasteiger charge is 2.41. The monoisotopic (exact) mass is 263 g/mol. The zero-order valence-electron chi connectivity index (χ0n) is 10.6. The van der Waals surface area contributed by atoms with Crippen LogP contribution in [-0.2, 0) is 4.79 Å². The molecule has 19 heavy (non-hydrogen) atoms. The quantitative estimate of drug-likeness (QED) is 0.741. The van der Waals surface area contributed by atoms with Crippen molar-refractivity contribution in [2.24, 2.45) is 11.1 Å². The fourth-order valence-corrected chi connectivity index (χ4v) is 2.52. The van der Waals surface area contributed by atoms with Gasteiger partial charge in [-0.1, -0.05) is 12.8 Å². The van der Waals surface area contributed by atoms with Gasteiger partial charge in [-0.25, -0.2) is 4.98 Å². The number of nitrogens with two attached hydrogens (primary N) is 1. The van der Waals surface area contributed by atoms with Crippen LogP contribution in [0.25, 0.3) is 0 Å². The highest BCUT2D eigenvalue weighted by Crippen LogP contribution is 2.38. The van der Waals surface area contributed by atoms with E-state index in [2.05, 4.69) is 10.3 Å². The number of pyridine rings is 1. The number of rotatable bonds is 5. The SMILES string of the molecule is NC(=O)c1cccnc1NCC1(C(=O)O)CCCC1. The Morgan fingerprint density at radius 3 is 2.68 bits per heavy atom. The molecule has 6 heteroatoms. The molecule has 0 spiro atoms. The number of carboxylic acids is 1. The predicted octanol–water partition coefficient (Wildman–Crippen LogP) is 1.24. The summed E-state index contributed by atoms with van der Waals surface area (Å²) in [6.07, 6.45) is 4.66. The van der Waals surface area contributed by atoms with Gasteiger partial charge in [-0.15, -0.1) is 0 Å². The van der Waals surface area contributed by atoms with E-state index in [0.717, 1.165) is 12.8 Å². The molecule has 4 N–H and O–H groups in total. The predicted molar refractivity (Wildman–Crippen MR) is 69.8 cm³/mol. The topological polar surface area (TPSA) is 105 Å². The molecule has 0 aromatic carbocycles. The molecule has 0 saturated heterocycles. The lowest BCUT2D eigenvalue weighted by molar-refractivity contribution is -0.147. The van der Waals surface area contributed by atoms with Crippen LogP contribution in [0.4, 0.5) is 5.82 Å². The van der Waals surface area contributed by atoms with E-state index in [1.54, 1.807) is 12.1 Å². The average molecular weight is 263 g/mol. The first-order chi connectivity index (χ1) is 9.05. The van der Waals surface area contributed by atoms with E-state index in [1.165, 1.54) is 6.20 Å². The molecule has 0 radical (unpaired) electrons. The molecule has 1 fully saturated rings. The first-order valence-corrected chi connectivity index (χ1v) is 6.27. The number of carbonyl (C=O) groups excluding carboxylic acids is 1.